The second-order valence-corrected chi connectivity index (χ2v) is 5.91. The Kier molecular flexibility index (Phi) is 4.23. The molecule has 0 spiro atoms. The number of benzene rings is 1. The van der Waals surface area contributed by atoms with E-state index < -0.39 is 5.92 Å². The van der Waals surface area contributed by atoms with Crippen molar-refractivity contribution in [3.05, 3.63) is 35.9 Å². The van der Waals surface area contributed by atoms with Gasteiger partial charge in [0.25, 0.3) is 0 Å². The van der Waals surface area contributed by atoms with Crippen molar-refractivity contribution in [2.75, 3.05) is 26.2 Å². The summed E-state index contributed by atoms with van der Waals surface area (Å²) < 4.78 is 0. The topological polar surface area (TPSA) is 40.6 Å². The lowest BCUT2D eigenvalue weighted by Crippen LogP contribution is -2.42. The van der Waals surface area contributed by atoms with Crippen LogP contribution in [0.25, 0.3) is 0 Å². The predicted molar refractivity (Wildman–Crippen MR) is 80.8 cm³/mol. The average Bonchev–Trinajstić information content (AvgIpc) is 3.22. The van der Waals surface area contributed by atoms with Gasteiger partial charge in [-0.15, -0.1) is 0 Å². The average molecular weight is 286 g/mol. The summed E-state index contributed by atoms with van der Waals surface area (Å²) in [5, 5.41) is 0. The van der Waals surface area contributed by atoms with Crippen molar-refractivity contribution in [1.82, 2.24) is 9.80 Å². The zero-order chi connectivity index (χ0) is 14.7. The molecule has 112 valence electrons. The fourth-order valence-electron chi connectivity index (χ4n) is 3.28. The van der Waals surface area contributed by atoms with Crippen LogP contribution in [-0.2, 0) is 9.59 Å². The highest BCUT2D eigenvalue weighted by molar-refractivity contribution is 6.05. The van der Waals surface area contributed by atoms with E-state index >= 15 is 0 Å². The molecule has 2 saturated heterocycles. The van der Waals surface area contributed by atoms with Crippen LogP contribution >= 0.6 is 0 Å². The number of likely N-dealkylation sites (tertiary alicyclic amines) is 2. The summed E-state index contributed by atoms with van der Waals surface area (Å²) in [6, 6.07) is 9.51. The van der Waals surface area contributed by atoms with Gasteiger partial charge in [0.1, 0.15) is 5.92 Å². The number of amides is 2. The first kappa shape index (κ1) is 14.1. The molecule has 1 aromatic carbocycles. The first-order valence-electron chi connectivity index (χ1n) is 7.90. The minimum absolute atomic E-state index is 0.0180. The first-order valence-corrected chi connectivity index (χ1v) is 7.90. The van der Waals surface area contributed by atoms with Crippen molar-refractivity contribution in [3.63, 3.8) is 0 Å². The zero-order valence-electron chi connectivity index (χ0n) is 12.3. The molecule has 3 rings (SSSR count). The van der Waals surface area contributed by atoms with E-state index in [0.29, 0.717) is 0 Å². The van der Waals surface area contributed by atoms with Gasteiger partial charge in [-0.1, -0.05) is 30.3 Å². The summed E-state index contributed by atoms with van der Waals surface area (Å²) in [6.45, 7) is 3.15. The molecule has 2 heterocycles. The minimum Gasteiger partial charge on any atom is -0.342 e. The van der Waals surface area contributed by atoms with E-state index in [1.807, 2.05) is 40.1 Å². The van der Waals surface area contributed by atoms with E-state index in [1.54, 1.807) is 0 Å². The van der Waals surface area contributed by atoms with Gasteiger partial charge >= 0.3 is 0 Å². The Bertz CT molecular complexity index is 475. The molecule has 0 radical (unpaired) electrons. The third kappa shape index (κ3) is 2.94. The van der Waals surface area contributed by atoms with Gasteiger partial charge < -0.3 is 9.80 Å². The molecule has 2 aliphatic rings. The van der Waals surface area contributed by atoms with Gasteiger partial charge in [-0.05, 0) is 31.2 Å². The van der Waals surface area contributed by atoms with Gasteiger partial charge in [-0.25, -0.2) is 0 Å². The molecular weight excluding hydrogens is 264 g/mol. The van der Waals surface area contributed by atoms with Crippen LogP contribution in [0.2, 0.25) is 0 Å². The Hall–Kier alpha value is -1.84. The summed E-state index contributed by atoms with van der Waals surface area (Å²) in [5.74, 6) is -0.686. The zero-order valence-corrected chi connectivity index (χ0v) is 12.3. The van der Waals surface area contributed by atoms with Crippen LogP contribution in [0, 0.1) is 0 Å². The molecule has 0 saturated carbocycles. The Balaban J connectivity index is 1.86. The molecule has 0 aromatic heterocycles. The number of hydrogen-bond acceptors (Lipinski definition) is 2. The minimum atomic E-state index is -0.651. The Morgan fingerprint density at radius 3 is 1.62 bits per heavy atom. The monoisotopic (exact) mass is 286 g/mol. The summed E-state index contributed by atoms with van der Waals surface area (Å²) >= 11 is 0. The molecule has 21 heavy (non-hydrogen) atoms. The van der Waals surface area contributed by atoms with E-state index in [9.17, 15) is 9.59 Å². The molecule has 0 bridgehead atoms. The maximum absolute atomic E-state index is 12.8. The lowest BCUT2D eigenvalue weighted by Gasteiger charge is -2.26. The normalized spacial score (nSPS) is 18.5. The van der Waals surface area contributed by atoms with Crippen molar-refractivity contribution in [3.8, 4) is 0 Å². The Morgan fingerprint density at radius 2 is 1.19 bits per heavy atom. The summed E-state index contributed by atoms with van der Waals surface area (Å²) in [6.07, 6.45) is 4.19. The number of hydrogen-bond donors (Lipinski definition) is 0. The van der Waals surface area contributed by atoms with Gasteiger partial charge in [0, 0.05) is 26.2 Å². The first-order chi connectivity index (χ1) is 10.3. The van der Waals surface area contributed by atoms with Crippen molar-refractivity contribution in [2.45, 2.75) is 31.6 Å². The summed E-state index contributed by atoms with van der Waals surface area (Å²) in [5.41, 5.74) is 0.825. The standard InChI is InChI=1S/C17H22N2O2/c20-16(18-10-4-5-11-18)15(14-8-2-1-3-9-14)17(21)19-12-6-7-13-19/h1-3,8-9,15H,4-7,10-13H2. The number of carbonyl (C=O) groups is 2. The SMILES string of the molecule is O=C(C(C(=O)N1CCCC1)c1ccccc1)N1CCCC1. The number of nitrogens with zero attached hydrogens (tertiary/aromatic N) is 2. The predicted octanol–water partition coefficient (Wildman–Crippen LogP) is 2.02. The van der Waals surface area contributed by atoms with E-state index in [4.69, 9.17) is 0 Å². The van der Waals surface area contributed by atoms with E-state index in [0.717, 1.165) is 57.4 Å². The highest BCUT2D eigenvalue weighted by atomic mass is 16.2. The number of rotatable bonds is 3. The summed E-state index contributed by atoms with van der Waals surface area (Å²) in [7, 11) is 0. The third-order valence-corrected chi connectivity index (χ3v) is 4.46. The molecule has 4 heteroatoms. The molecular formula is C17H22N2O2. The van der Waals surface area contributed by atoms with Gasteiger partial charge in [0.05, 0.1) is 0 Å². The van der Waals surface area contributed by atoms with Crippen LogP contribution in [0.3, 0.4) is 0 Å². The van der Waals surface area contributed by atoms with Gasteiger partial charge in [-0.2, -0.15) is 0 Å². The van der Waals surface area contributed by atoms with Crippen LogP contribution in [-0.4, -0.2) is 47.8 Å². The molecule has 0 unspecified atom stereocenters. The van der Waals surface area contributed by atoms with Crippen LogP contribution < -0.4 is 0 Å². The molecule has 0 aliphatic carbocycles. The fourth-order valence-corrected chi connectivity index (χ4v) is 3.28. The van der Waals surface area contributed by atoms with Crippen molar-refractivity contribution < 1.29 is 9.59 Å². The summed E-state index contributed by atoms with van der Waals surface area (Å²) in [4.78, 5) is 29.4. The van der Waals surface area contributed by atoms with Crippen molar-refractivity contribution >= 4 is 11.8 Å². The maximum Gasteiger partial charge on any atom is 0.239 e. The van der Waals surface area contributed by atoms with E-state index in [-0.39, 0.29) is 11.8 Å². The van der Waals surface area contributed by atoms with E-state index in [2.05, 4.69) is 0 Å². The Morgan fingerprint density at radius 1 is 0.762 bits per heavy atom. The fraction of sp³-hybridized carbons (Fsp3) is 0.529. The number of carbonyl (C=O) groups excluding carboxylic acids is 2. The molecule has 4 nitrogen and oxygen atoms in total. The van der Waals surface area contributed by atoms with Crippen LogP contribution in [0.5, 0.6) is 0 Å². The van der Waals surface area contributed by atoms with Crippen LogP contribution in [0.15, 0.2) is 30.3 Å². The van der Waals surface area contributed by atoms with Gasteiger partial charge in [0.2, 0.25) is 11.8 Å². The molecule has 0 N–H and O–H groups in total. The second kappa shape index (κ2) is 6.29. The smallest absolute Gasteiger partial charge is 0.239 e. The third-order valence-electron chi connectivity index (χ3n) is 4.46. The second-order valence-electron chi connectivity index (χ2n) is 5.91. The lowest BCUT2D eigenvalue weighted by atomic mass is 9.96. The molecule has 2 fully saturated rings. The highest BCUT2D eigenvalue weighted by Crippen LogP contribution is 2.25. The van der Waals surface area contributed by atoms with Gasteiger partial charge in [0.15, 0.2) is 0 Å². The van der Waals surface area contributed by atoms with Crippen molar-refractivity contribution in [1.29, 1.82) is 0 Å². The van der Waals surface area contributed by atoms with E-state index in [1.165, 1.54) is 0 Å². The molecule has 0 atom stereocenters. The molecule has 2 amide bonds. The molecule has 1 aromatic rings. The maximum atomic E-state index is 12.8. The van der Waals surface area contributed by atoms with Gasteiger partial charge in [-0.3, -0.25) is 9.59 Å². The quantitative estimate of drug-likeness (QED) is 0.798. The van der Waals surface area contributed by atoms with Crippen LogP contribution in [0.4, 0.5) is 0 Å². The largest absolute Gasteiger partial charge is 0.342 e. The Labute approximate surface area is 125 Å². The van der Waals surface area contributed by atoms with Crippen LogP contribution in [0.1, 0.15) is 37.2 Å². The highest BCUT2D eigenvalue weighted by Gasteiger charge is 2.36. The lowest BCUT2D eigenvalue weighted by molar-refractivity contribution is -0.142. The van der Waals surface area contributed by atoms with Crippen molar-refractivity contribution in [2.24, 2.45) is 0 Å². The molecule has 2 aliphatic heterocycles.